The molecule has 0 bridgehead atoms. The zero-order valence-corrected chi connectivity index (χ0v) is 28.6. The summed E-state index contributed by atoms with van der Waals surface area (Å²) in [7, 11) is 0.682. The Bertz CT molecular complexity index is 1820. The number of anilines is 1. The van der Waals surface area contributed by atoms with Gasteiger partial charge in [0.25, 0.3) is 15.9 Å². The molecule has 7 rings (SSSR count). The summed E-state index contributed by atoms with van der Waals surface area (Å²) >= 11 is 0. The fraction of sp³-hybridized carbons (Fsp3) is 0.545. The first-order valence-corrected chi connectivity index (χ1v) is 18.4. The highest BCUT2D eigenvalue weighted by atomic mass is 32.2. The lowest BCUT2D eigenvalue weighted by Gasteiger charge is -2.36. The van der Waals surface area contributed by atoms with Crippen LogP contribution < -0.4 is 21.3 Å². The number of piperidine rings is 1. The van der Waals surface area contributed by atoms with Gasteiger partial charge in [0.15, 0.2) is 11.5 Å². The number of nitrogens with zero attached hydrogens (tertiary/aromatic N) is 8. The predicted molar refractivity (Wildman–Crippen MR) is 182 cm³/mol. The van der Waals surface area contributed by atoms with Gasteiger partial charge < -0.3 is 26.2 Å². The fourth-order valence-electron chi connectivity index (χ4n) is 6.81. The Balaban J connectivity index is 1.15. The number of dihydropyridines is 1. The molecule has 13 nitrogen and oxygen atoms in total. The quantitative estimate of drug-likeness (QED) is 0.285. The Morgan fingerprint density at radius 3 is 2.47 bits per heavy atom. The van der Waals surface area contributed by atoms with E-state index in [9.17, 15) is 17.2 Å². The van der Waals surface area contributed by atoms with Crippen LogP contribution in [0.15, 0.2) is 55.0 Å². The Morgan fingerprint density at radius 2 is 1.80 bits per heavy atom. The van der Waals surface area contributed by atoms with Crippen molar-refractivity contribution in [3.8, 4) is 11.4 Å². The molecule has 2 aliphatic carbocycles. The molecule has 0 spiro atoms. The summed E-state index contributed by atoms with van der Waals surface area (Å²) < 4.78 is 53.9. The molecular weight excluding hydrogens is 653 g/mol. The third-order valence-corrected chi connectivity index (χ3v) is 11.8. The molecule has 1 unspecified atom stereocenters. The van der Waals surface area contributed by atoms with Crippen LogP contribution in [0.4, 0.5) is 14.6 Å². The minimum absolute atomic E-state index is 0.204. The van der Waals surface area contributed by atoms with E-state index in [1.807, 2.05) is 11.0 Å². The van der Waals surface area contributed by atoms with Crippen LogP contribution in [0, 0.1) is 5.92 Å². The number of aromatic nitrogens is 6. The van der Waals surface area contributed by atoms with Crippen molar-refractivity contribution in [2.24, 2.45) is 11.7 Å². The summed E-state index contributed by atoms with van der Waals surface area (Å²) in [6.45, 7) is 1.51. The Morgan fingerprint density at radius 1 is 1.04 bits per heavy atom. The van der Waals surface area contributed by atoms with Crippen molar-refractivity contribution in [3.05, 3.63) is 66.4 Å². The average molecular weight is 696 g/mol. The van der Waals surface area contributed by atoms with Gasteiger partial charge in [-0.15, -0.1) is 0 Å². The van der Waals surface area contributed by atoms with Crippen LogP contribution in [0.5, 0.6) is 0 Å². The first-order valence-electron chi connectivity index (χ1n) is 16.9. The highest BCUT2D eigenvalue weighted by molar-refractivity contribution is 7.90. The van der Waals surface area contributed by atoms with Crippen LogP contribution in [-0.2, 0) is 15.7 Å². The van der Waals surface area contributed by atoms with Crippen molar-refractivity contribution in [2.45, 2.75) is 74.2 Å². The van der Waals surface area contributed by atoms with Crippen LogP contribution in [0.3, 0.4) is 0 Å². The summed E-state index contributed by atoms with van der Waals surface area (Å²) in [5.74, 6) is -1.13. The van der Waals surface area contributed by atoms with E-state index in [2.05, 4.69) is 44.7 Å². The maximum atomic E-state index is 13.7. The number of nitrogens with one attached hydrogen (secondary N) is 2. The summed E-state index contributed by atoms with van der Waals surface area (Å²) in [4.78, 5) is 22.5. The lowest BCUT2D eigenvalue weighted by molar-refractivity contribution is -0.0221. The van der Waals surface area contributed by atoms with Crippen LogP contribution >= 0.6 is 0 Å². The van der Waals surface area contributed by atoms with E-state index in [4.69, 9.17) is 15.7 Å². The molecule has 1 atom stereocenters. The number of allylic oxidation sites excluding steroid dienone is 1. The highest BCUT2D eigenvalue weighted by Gasteiger charge is 2.38. The highest BCUT2D eigenvalue weighted by Crippen LogP contribution is 2.34. The van der Waals surface area contributed by atoms with Crippen molar-refractivity contribution in [1.82, 2.24) is 44.7 Å². The Labute approximate surface area is 285 Å². The molecule has 262 valence electrons. The van der Waals surface area contributed by atoms with E-state index < -0.39 is 26.9 Å². The van der Waals surface area contributed by atoms with Gasteiger partial charge >= 0.3 is 0 Å². The molecular formula is C33H43F2N11O2S. The monoisotopic (exact) mass is 695 g/mol. The number of halogens is 2. The topological polar surface area (TPSA) is 160 Å². The van der Waals surface area contributed by atoms with Gasteiger partial charge in [-0.1, -0.05) is 0 Å². The van der Waals surface area contributed by atoms with Crippen molar-refractivity contribution >= 4 is 21.4 Å². The number of hydrogen-bond donors (Lipinski definition) is 3. The maximum Gasteiger partial charge on any atom is 0.256 e. The van der Waals surface area contributed by atoms with E-state index in [-0.39, 0.29) is 32.0 Å². The largest absolute Gasteiger partial charge is 0.382 e. The number of hydrogen-bond acceptors (Lipinski definition) is 12. The molecule has 3 fully saturated rings. The standard InChI is InChI=1S/C33H43F2N11O2S/c1-44(2)20-22-3-5-24(6-4-22)42-27-15-33(36,29-9-12-37-31(43-29)23-16-41-46(21-23)49(47,48)25-7-8-25)40-17-26(27)28-18-39-30(19-38-28)45-13-10-32(34,35)11-14-45/h9,12,15-19,21-22,24-25,40,42H,3-8,10-11,13-14,20,36H2,1-2H3. The van der Waals surface area contributed by atoms with E-state index in [0.29, 0.717) is 47.4 Å². The van der Waals surface area contributed by atoms with E-state index in [0.717, 1.165) is 47.6 Å². The second-order valence-electron chi connectivity index (χ2n) is 14.0. The Hall–Kier alpha value is -4.02. The number of nitrogens with two attached hydrogens (primary N) is 1. The maximum absolute atomic E-state index is 13.7. The van der Waals surface area contributed by atoms with Gasteiger partial charge in [-0.3, -0.25) is 4.98 Å². The molecule has 49 heavy (non-hydrogen) atoms. The number of alkyl halides is 2. The summed E-state index contributed by atoms with van der Waals surface area (Å²) in [5, 5.41) is 10.7. The molecule has 3 aromatic rings. The van der Waals surface area contributed by atoms with Crippen LogP contribution in [0.2, 0.25) is 0 Å². The molecule has 3 aromatic heterocycles. The molecule has 4 N–H and O–H groups in total. The molecule has 2 saturated carbocycles. The van der Waals surface area contributed by atoms with Crippen molar-refractivity contribution in [3.63, 3.8) is 0 Å². The van der Waals surface area contributed by atoms with E-state index >= 15 is 0 Å². The van der Waals surface area contributed by atoms with E-state index in [1.165, 1.54) is 12.4 Å². The third-order valence-electron chi connectivity index (χ3n) is 9.78. The molecule has 0 radical (unpaired) electrons. The van der Waals surface area contributed by atoms with E-state index in [1.54, 1.807) is 30.9 Å². The van der Waals surface area contributed by atoms with Crippen LogP contribution in [-0.4, -0.2) is 93.4 Å². The number of rotatable bonds is 10. The van der Waals surface area contributed by atoms with Gasteiger partial charge in [-0.05, 0) is 70.7 Å². The Kier molecular flexibility index (Phi) is 8.90. The van der Waals surface area contributed by atoms with Gasteiger partial charge in [0.2, 0.25) is 0 Å². The first-order chi connectivity index (χ1) is 23.4. The van der Waals surface area contributed by atoms with Gasteiger partial charge in [0.05, 0.1) is 47.0 Å². The van der Waals surface area contributed by atoms with Crippen LogP contribution in [0.1, 0.15) is 62.8 Å². The SMILES string of the molecule is CN(C)CC1CCC(NC2=CC(N)(c3ccnc(-c4cnn(S(=O)(=O)C5CC5)c4)n3)NC=C2c2cnc(N3CCC(F)(F)CC3)cn2)CC1. The van der Waals surface area contributed by atoms with Crippen molar-refractivity contribution in [2.75, 3.05) is 38.6 Å². The molecule has 0 amide bonds. The lowest BCUT2D eigenvalue weighted by atomic mass is 9.85. The van der Waals surface area contributed by atoms with Gasteiger partial charge in [0, 0.05) is 62.2 Å². The second kappa shape index (κ2) is 13.0. The minimum Gasteiger partial charge on any atom is -0.382 e. The summed E-state index contributed by atoms with van der Waals surface area (Å²) in [6, 6.07) is 1.94. The molecule has 2 aliphatic heterocycles. The van der Waals surface area contributed by atoms with Crippen LogP contribution in [0.25, 0.3) is 17.0 Å². The molecule has 4 aliphatic rings. The van der Waals surface area contributed by atoms with Crippen molar-refractivity contribution < 1.29 is 17.2 Å². The smallest absolute Gasteiger partial charge is 0.256 e. The zero-order chi connectivity index (χ0) is 34.4. The third kappa shape index (κ3) is 7.31. The second-order valence-corrected chi connectivity index (χ2v) is 16.0. The molecule has 16 heteroatoms. The average Bonchev–Trinajstić information content (AvgIpc) is 3.83. The van der Waals surface area contributed by atoms with Gasteiger partial charge in [0.1, 0.15) is 5.82 Å². The van der Waals surface area contributed by atoms with Gasteiger partial charge in [-0.25, -0.2) is 32.2 Å². The van der Waals surface area contributed by atoms with Gasteiger partial charge in [-0.2, -0.15) is 9.19 Å². The van der Waals surface area contributed by atoms with Crippen molar-refractivity contribution in [1.29, 1.82) is 0 Å². The first kappa shape index (κ1) is 33.5. The molecule has 0 aromatic carbocycles. The minimum atomic E-state index is -3.53. The zero-order valence-electron chi connectivity index (χ0n) is 27.8. The lowest BCUT2D eigenvalue weighted by Crippen LogP contribution is -2.50. The normalized spacial score (nSPS) is 25.8. The molecule has 5 heterocycles. The summed E-state index contributed by atoms with van der Waals surface area (Å²) in [6.07, 6.45) is 16.6. The fourth-order valence-corrected chi connectivity index (χ4v) is 8.29. The summed E-state index contributed by atoms with van der Waals surface area (Å²) in [5.41, 5.74) is 8.86. The molecule has 1 saturated heterocycles. The predicted octanol–water partition coefficient (Wildman–Crippen LogP) is 3.06.